The molecule has 0 saturated heterocycles. The first-order chi connectivity index (χ1) is 11.8. The summed E-state index contributed by atoms with van der Waals surface area (Å²) in [5.41, 5.74) is 0.686. The number of methoxy groups -OCH3 is 1. The van der Waals surface area contributed by atoms with Gasteiger partial charge in [0.1, 0.15) is 6.04 Å². The molecule has 6 heteroatoms. The van der Waals surface area contributed by atoms with Crippen LogP contribution < -0.4 is 5.32 Å². The number of rotatable bonds is 9. The lowest BCUT2D eigenvalue weighted by Gasteiger charge is -2.19. The Balaban J connectivity index is 2.31. The minimum atomic E-state index is -0.656. The Morgan fingerprint density at radius 2 is 2.00 bits per heavy atom. The minimum Gasteiger partial charge on any atom is -0.467 e. The van der Waals surface area contributed by atoms with Crippen LogP contribution in [0.15, 0.2) is 23.8 Å². The largest absolute Gasteiger partial charge is 0.467 e. The molecule has 2 atom stereocenters. The van der Waals surface area contributed by atoms with Gasteiger partial charge in [-0.25, -0.2) is 4.79 Å². The molecule has 1 aliphatic carbocycles. The average Bonchev–Trinajstić information content (AvgIpc) is 2.60. The Kier molecular flexibility index (Phi) is 8.95. The lowest BCUT2D eigenvalue weighted by atomic mass is 9.89. The Hall–Kier alpha value is -2.11. The third kappa shape index (κ3) is 7.54. The summed E-state index contributed by atoms with van der Waals surface area (Å²) in [7, 11) is 4.85. The molecule has 1 N–H and O–H groups in total. The van der Waals surface area contributed by atoms with Crippen LogP contribution >= 0.6 is 0 Å². The zero-order chi connectivity index (χ0) is 18.8. The summed E-state index contributed by atoms with van der Waals surface area (Å²) in [5.74, 6) is -0.184. The van der Waals surface area contributed by atoms with Gasteiger partial charge in [0, 0.05) is 26.1 Å². The summed E-state index contributed by atoms with van der Waals surface area (Å²) in [6, 6.07) is -0.656. The van der Waals surface area contributed by atoms with E-state index in [1.165, 1.54) is 7.11 Å². The highest BCUT2D eigenvalue weighted by atomic mass is 16.5. The molecular weight excluding hydrogens is 320 g/mol. The second-order valence-corrected chi connectivity index (χ2v) is 6.65. The van der Waals surface area contributed by atoms with E-state index in [-0.39, 0.29) is 11.8 Å². The Morgan fingerprint density at radius 3 is 2.64 bits per heavy atom. The van der Waals surface area contributed by atoms with Crippen LogP contribution in [-0.4, -0.2) is 49.9 Å². The third-order valence-corrected chi connectivity index (χ3v) is 4.32. The number of hydrogen-bond acceptors (Lipinski definition) is 4. The number of ether oxygens (including phenoxy) is 1. The number of hydrogen-bond donors (Lipinski definition) is 1. The molecule has 2 amide bonds. The molecule has 1 aliphatic rings. The molecule has 0 aliphatic heterocycles. The van der Waals surface area contributed by atoms with Crippen molar-refractivity contribution in [3.05, 3.63) is 23.8 Å². The summed E-state index contributed by atoms with van der Waals surface area (Å²) in [4.78, 5) is 36.7. The van der Waals surface area contributed by atoms with Crippen molar-refractivity contribution < 1.29 is 19.1 Å². The van der Waals surface area contributed by atoms with Crippen LogP contribution in [0.1, 0.15) is 45.4 Å². The molecule has 0 saturated carbocycles. The Bertz CT molecular complexity index is 538. The minimum absolute atomic E-state index is 0.166. The first-order valence-corrected chi connectivity index (χ1v) is 8.81. The van der Waals surface area contributed by atoms with E-state index in [1.54, 1.807) is 32.0 Å². The van der Waals surface area contributed by atoms with Crippen molar-refractivity contribution in [3.8, 4) is 0 Å². The van der Waals surface area contributed by atoms with E-state index in [9.17, 15) is 14.4 Å². The van der Waals surface area contributed by atoms with E-state index in [4.69, 9.17) is 0 Å². The van der Waals surface area contributed by atoms with Crippen LogP contribution in [0.3, 0.4) is 0 Å². The summed E-state index contributed by atoms with van der Waals surface area (Å²) >= 11 is 0. The number of nitrogens with zero attached hydrogens (tertiary/aromatic N) is 1. The van der Waals surface area contributed by atoms with Crippen LogP contribution in [0, 0.1) is 5.92 Å². The second kappa shape index (κ2) is 10.7. The van der Waals surface area contributed by atoms with E-state index in [0.29, 0.717) is 24.3 Å². The number of unbranched alkanes of at least 4 members (excludes halogenated alkanes) is 2. The smallest absolute Gasteiger partial charge is 0.328 e. The monoisotopic (exact) mass is 350 g/mol. The summed E-state index contributed by atoms with van der Waals surface area (Å²) in [6.45, 7) is 1.61. The van der Waals surface area contributed by atoms with E-state index in [0.717, 1.165) is 25.7 Å². The molecule has 0 spiro atoms. The topological polar surface area (TPSA) is 75.7 Å². The van der Waals surface area contributed by atoms with Crippen molar-refractivity contribution in [3.63, 3.8) is 0 Å². The summed E-state index contributed by atoms with van der Waals surface area (Å²) in [5, 5.41) is 2.66. The van der Waals surface area contributed by atoms with Crippen LogP contribution in [-0.2, 0) is 19.1 Å². The highest BCUT2D eigenvalue weighted by Crippen LogP contribution is 2.24. The standard InChI is InChI=1S/C19H30N2O4/c1-14(19(24)25-4)20-18(23)16-11-8-10-15(13-16)9-6-5-7-12-17(22)21(2)3/h8,10-11,14-15H,5-7,9,12-13H2,1-4H3,(H,20,23). The molecule has 25 heavy (non-hydrogen) atoms. The molecule has 0 fully saturated rings. The van der Waals surface area contributed by atoms with Gasteiger partial charge in [0.2, 0.25) is 11.8 Å². The first-order valence-electron chi connectivity index (χ1n) is 8.81. The third-order valence-electron chi connectivity index (χ3n) is 4.32. The van der Waals surface area contributed by atoms with Crippen molar-refractivity contribution in [1.29, 1.82) is 0 Å². The van der Waals surface area contributed by atoms with E-state index in [2.05, 4.69) is 16.1 Å². The predicted octanol–water partition coefficient (Wildman–Crippen LogP) is 2.21. The van der Waals surface area contributed by atoms with Gasteiger partial charge in [0.15, 0.2) is 0 Å². The van der Waals surface area contributed by atoms with Crippen LogP contribution in [0.25, 0.3) is 0 Å². The van der Waals surface area contributed by atoms with Gasteiger partial charge in [-0.15, -0.1) is 0 Å². The van der Waals surface area contributed by atoms with Gasteiger partial charge in [0.05, 0.1) is 7.11 Å². The quantitative estimate of drug-likeness (QED) is 0.511. The van der Waals surface area contributed by atoms with Gasteiger partial charge in [0.25, 0.3) is 0 Å². The normalized spacial score (nSPS) is 17.4. The molecule has 0 aromatic rings. The maximum absolute atomic E-state index is 12.2. The SMILES string of the molecule is COC(=O)C(C)NC(=O)C1=CC=CC(CCCCCC(=O)N(C)C)C1. The van der Waals surface area contributed by atoms with E-state index >= 15 is 0 Å². The van der Waals surface area contributed by atoms with Gasteiger partial charge in [-0.05, 0) is 32.1 Å². The van der Waals surface area contributed by atoms with Gasteiger partial charge < -0.3 is 15.0 Å². The first kappa shape index (κ1) is 20.9. The molecule has 140 valence electrons. The fraction of sp³-hybridized carbons (Fsp3) is 0.632. The molecule has 0 heterocycles. The number of nitrogens with one attached hydrogen (secondary N) is 1. The van der Waals surface area contributed by atoms with E-state index < -0.39 is 12.0 Å². The van der Waals surface area contributed by atoms with Crippen LogP contribution in [0.5, 0.6) is 0 Å². The van der Waals surface area contributed by atoms with Crippen molar-refractivity contribution in [2.45, 2.75) is 51.5 Å². The lowest BCUT2D eigenvalue weighted by Crippen LogP contribution is -2.40. The number of carbonyl (C=O) groups is 3. The maximum Gasteiger partial charge on any atom is 0.328 e. The fourth-order valence-electron chi connectivity index (χ4n) is 2.72. The fourth-order valence-corrected chi connectivity index (χ4v) is 2.72. The number of esters is 1. The van der Waals surface area contributed by atoms with Gasteiger partial charge >= 0.3 is 5.97 Å². The zero-order valence-corrected chi connectivity index (χ0v) is 15.7. The molecule has 0 aromatic heterocycles. The van der Waals surface area contributed by atoms with Gasteiger partial charge in [-0.2, -0.15) is 0 Å². The number of amides is 2. The average molecular weight is 350 g/mol. The zero-order valence-electron chi connectivity index (χ0n) is 15.7. The van der Waals surface area contributed by atoms with Gasteiger partial charge in [-0.1, -0.05) is 31.1 Å². The molecule has 1 rings (SSSR count). The van der Waals surface area contributed by atoms with Crippen LogP contribution in [0.4, 0.5) is 0 Å². The molecule has 2 unspecified atom stereocenters. The summed E-state index contributed by atoms with van der Waals surface area (Å²) in [6.07, 6.45) is 11.0. The summed E-state index contributed by atoms with van der Waals surface area (Å²) < 4.78 is 4.61. The highest BCUT2D eigenvalue weighted by molar-refractivity contribution is 5.96. The van der Waals surface area contributed by atoms with E-state index in [1.807, 2.05) is 6.08 Å². The maximum atomic E-state index is 12.2. The highest BCUT2D eigenvalue weighted by Gasteiger charge is 2.21. The molecule has 0 bridgehead atoms. The molecule has 6 nitrogen and oxygen atoms in total. The van der Waals surface area contributed by atoms with Crippen molar-refractivity contribution in [1.82, 2.24) is 10.2 Å². The van der Waals surface area contributed by atoms with Crippen molar-refractivity contribution in [2.24, 2.45) is 5.92 Å². The van der Waals surface area contributed by atoms with Crippen molar-refractivity contribution >= 4 is 17.8 Å². The Labute approximate surface area is 150 Å². The predicted molar refractivity (Wildman–Crippen MR) is 96.7 cm³/mol. The lowest BCUT2D eigenvalue weighted by molar-refractivity contribution is -0.144. The second-order valence-electron chi connectivity index (χ2n) is 6.65. The number of carbonyl (C=O) groups excluding carboxylic acids is 3. The van der Waals surface area contributed by atoms with Crippen LogP contribution in [0.2, 0.25) is 0 Å². The van der Waals surface area contributed by atoms with Crippen molar-refractivity contribution in [2.75, 3.05) is 21.2 Å². The molecule has 0 aromatic carbocycles. The molecular formula is C19H30N2O4. The molecule has 0 radical (unpaired) electrons. The Morgan fingerprint density at radius 1 is 1.28 bits per heavy atom. The number of allylic oxidation sites excluding steroid dienone is 3. The van der Waals surface area contributed by atoms with Gasteiger partial charge in [-0.3, -0.25) is 9.59 Å².